The van der Waals surface area contributed by atoms with E-state index in [1.54, 1.807) is 43.4 Å². The van der Waals surface area contributed by atoms with Gasteiger partial charge >= 0.3 is 0 Å². The molecule has 0 aliphatic carbocycles. The lowest BCUT2D eigenvalue weighted by Gasteiger charge is -2.38. The molecule has 0 bridgehead atoms. The number of hydrogen-bond acceptors (Lipinski definition) is 6. The van der Waals surface area contributed by atoms with Crippen LogP contribution in [0.15, 0.2) is 54.7 Å². The minimum Gasteiger partial charge on any atom is -0.487 e. The number of anilines is 3. The van der Waals surface area contributed by atoms with Crippen LogP contribution >= 0.6 is 0 Å². The SMILES string of the molecule is CNC(=O)c1cccc(Nc2nc(N3CC(Oc4ccc(F)cc4)C3)ncc2F)c1. The quantitative estimate of drug-likeness (QED) is 0.649. The van der Waals surface area contributed by atoms with Gasteiger partial charge in [0, 0.05) is 18.3 Å². The lowest BCUT2D eigenvalue weighted by molar-refractivity contribution is 0.0963. The van der Waals surface area contributed by atoms with Crippen LogP contribution in [-0.4, -0.2) is 42.1 Å². The highest BCUT2D eigenvalue weighted by Crippen LogP contribution is 2.25. The zero-order valence-electron chi connectivity index (χ0n) is 16.1. The number of carbonyl (C=O) groups excluding carboxylic acids is 1. The van der Waals surface area contributed by atoms with Gasteiger partial charge in [0.1, 0.15) is 17.7 Å². The average Bonchev–Trinajstić information content (AvgIpc) is 2.73. The van der Waals surface area contributed by atoms with E-state index in [2.05, 4.69) is 20.6 Å². The van der Waals surface area contributed by atoms with Gasteiger partial charge in [0.15, 0.2) is 11.6 Å². The lowest BCUT2D eigenvalue weighted by Crippen LogP contribution is -2.54. The molecule has 30 heavy (non-hydrogen) atoms. The summed E-state index contributed by atoms with van der Waals surface area (Å²) in [4.78, 5) is 21.9. The molecular weight excluding hydrogens is 392 g/mol. The molecule has 4 rings (SSSR count). The van der Waals surface area contributed by atoms with Crippen LogP contribution in [0.5, 0.6) is 5.75 Å². The summed E-state index contributed by atoms with van der Waals surface area (Å²) >= 11 is 0. The summed E-state index contributed by atoms with van der Waals surface area (Å²) in [5.41, 5.74) is 0.974. The van der Waals surface area contributed by atoms with Gasteiger partial charge < -0.3 is 20.3 Å². The van der Waals surface area contributed by atoms with Crippen molar-refractivity contribution in [3.05, 3.63) is 71.9 Å². The summed E-state index contributed by atoms with van der Waals surface area (Å²) in [6, 6.07) is 12.5. The Bertz CT molecular complexity index is 1060. The monoisotopic (exact) mass is 411 g/mol. The van der Waals surface area contributed by atoms with Crippen molar-refractivity contribution in [3.8, 4) is 5.75 Å². The summed E-state index contributed by atoms with van der Waals surface area (Å²) in [5, 5.41) is 5.44. The van der Waals surface area contributed by atoms with E-state index in [0.29, 0.717) is 36.0 Å². The molecule has 2 aromatic carbocycles. The van der Waals surface area contributed by atoms with Crippen molar-refractivity contribution in [2.24, 2.45) is 0 Å². The van der Waals surface area contributed by atoms with Crippen LogP contribution in [0.3, 0.4) is 0 Å². The van der Waals surface area contributed by atoms with Gasteiger partial charge in [-0.2, -0.15) is 4.98 Å². The molecule has 1 aliphatic rings. The van der Waals surface area contributed by atoms with E-state index in [4.69, 9.17) is 4.74 Å². The van der Waals surface area contributed by atoms with E-state index in [-0.39, 0.29) is 23.6 Å². The number of halogens is 2. The number of benzene rings is 2. The fraction of sp³-hybridized carbons (Fsp3) is 0.190. The summed E-state index contributed by atoms with van der Waals surface area (Å²) < 4.78 is 33.0. The first-order valence-electron chi connectivity index (χ1n) is 9.30. The molecule has 3 aromatic rings. The predicted octanol–water partition coefficient (Wildman–Crippen LogP) is 3.13. The van der Waals surface area contributed by atoms with E-state index >= 15 is 0 Å². The van der Waals surface area contributed by atoms with Crippen molar-refractivity contribution in [2.45, 2.75) is 6.10 Å². The number of nitrogens with zero attached hydrogens (tertiary/aromatic N) is 3. The van der Waals surface area contributed by atoms with Crippen molar-refractivity contribution in [1.82, 2.24) is 15.3 Å². The third-order valence-corrected chi connectivity index (χ3v) is 4.59. The molecule has 2 N–H and O–H groups in total. The second-order valence-electron chi connectivity index (χ2n) is 6.75. The molecule has 1 aromatic heterocycles. The number of hydrogen-bond donors (Lipinski definition) is 2. The summed E-state index contributed by atoms with van der Waals surface area (Å²) in [5.74, 6) is -0.214. The molecule has 1 fully saturated rings. The third-order valence-electron chi connectivity index (χ3n) is 4.59. The van der Waals surface area contributed by atoms with Crippen LogP contribution in [0.2, 0.25) is 0 Å². The van der Waals surface area contributed by atoms with Gasteiger partial charge in [-0.15, -0.1) is 0 Å². The fourth-order valence-corrected chi connectivity index (χ4v) is 3.00. The number of aromatic nitrogens is 2. The molecule has 0 atom stereocenters. The molecule has 1 saturated heterocycles. The number of carbonyl (C=O) groups is 1. The van der Waals surface area contributed by atoms with Crippen LogP contribution in [-0.2, 0) is 0 Å². The van der Waals surface area contributed by atoms with Crippen LogP contribution in [0.25, 0.3) is 0 Å². The molecule has 7 nitrogen and oxygen atoms in total. The standard InChI is InChI=1S/C21H19F2N5O2/c1-24-20(29)13-3-2-4-15(9-13)26-19-18(23)10-25-21(27-19)28-11-17(12-28)30-16-7-5-14(22)6-8-16/h2-10,17H,11-12H2,1H3,(H,24,29)(H,25,26,27). The Morgan fingerprint density at radius 1 is 1.17 bits per heavy atom. The van der Waals surface area contributed by atoms with Gasteiger partial charge in [-0.3, -0.25) is 4.79 Å². The maximum absolute atomic E-state index is 14.2. The molecule has 2 heterocycles. The fourth-order valence-electron chi connectivity index (χ4n) is 3.00. The Kier molecular flexibility index (Phi) is 5.42. The summed E-state index contributed by atoms with van der Waals surface area (Å²) in [7, 11) is 1.54. The van der Waals surface area contributed by atoms with Crippen LogP contribution < -0.4 is 20.3 Å². The molecule has 9 heteroatoms. The van der Waals surface area contributed by atoms with Crippen LogP contribution in [0.1, 0.15) is 10.4 Å². The van der Waals surface area contributed by atoms with Gasteiger partial charge in [-0.1, -0.05) is 6.07 Å². The second-order valence-corrected chi connectivity index (χ2v) is 6.75. The largest absolute Gasteiger partial charge is 0.487 e. The van der Waals surface area contributed by atoms with Crippen LogP contribution in [0, 0.1) is 11.6 Å². The molecule has 0 unspecified atom stereocenters. The maximum Gasteiger partial charge on any atom is 0.251 e. The molecule has 154 valence electrons. The predicted molar refractivity (Wildman–Crippen MR) is 108 cm³/mol. The maximum atomic E-state index is 14.2. The molecule has 0 radical (unpaired) electrons. The van der Waals surface area contributed by atoms with Gasteiger partial charge in [0.05, 0.1) is 19.3 Å². The lowest BCUT2D eigenvalue weighted by atomic mass is 10.2. The Balaban J connectivity index is 1.42. The number of nitrogens with one attached hydrogen (secondary N) is 2. The first-order chi connectivity index (χ1) is 14.5. The van der Waals surface area contributed by atoms with E-state index in [0.717, 1.165) is 6.20 Å². The van der Waals surface area contributed by atoms with Crippen molar-refractivity contribution in [2.75, 3.05) is 30.4 Å². The number of amides is 1. The highest BCUT2D eigenvalue weighted by Gasteiger charge is 2.31. The smallest absolute Gasteiger partial charge is 0.251 e. The third kappa shape index (κ3) is 4.29. The Morgan fingerprint density at radius 2 is 1.93 bits per heavy atom. The number of rotatable bonds is 6. The minimum atomic E-state index is -0.608. The van der Waals surface area contributed by atoms with Gasteiger partial charge in [-0.25, -0.2) is 13.8 Å². The molecule has 1 aliphatic heterocycles. The Labute approximate surface area is 171 Å². The molecular formula is C21H19F2N5O2. The van der Waals surface area contributed by atoms with Crippen molar-refractivity contribution < 1.29 is 18.3 Å². The van der Waals surface area contributed by atoms with E-state index in [1.807, 2.05) is 4.90 Å². The molecule has 0 saturated carbocycles. The Hall–Kier alpha value is -3.75. The molecule has 0 spiro atoms. The van der Waals surface area contributed by atoms with E-state index in [1.165, 1.54) is 12.1 Å². The normalized spacial score (nSPS) is 13.5. The second kappa shape index (κ2) is 8.32. The average molecular weight is 411 g/mol. The van der Waals surface area contributed by atoms with Crippen molar-refractivity contribution in [1.29, 1.82) is 0 Å². The van der Waals surface area contributed by atoms with Gasteiger partial charge in [-0.05, 0) is 42.5 Å². The Morgan fingerprint density at radius 3 is 2.67 bits per heavy atom. The molecule has 1 amide bonds. The van der Waals surface area contributed by atoms with E-state index < -0.39 is 5.82 Å². The minimum absolute atomic E-state index is 0.0111. The zero-order valence-corrected chi connectivity index (χ0v) is 16.1. The highest BCUT2D eigenvalue weighted by molar-refractivity contribution is 5.95. The summed E-state index contributed by atoms with van der Waals surface area (Å²) in [6.45, 7) is 1.04. The number of ether oxygens (including phenoxy) is 1. The highest BCUT2D eigenvalue weighted by atomic mass is 19.1. The zero-order chi connectivity index (χ0) is 21.1. The van der Waals surface area contributed by atoms with Gasteiger partial charge in [0.25, 0.3) is 5.91 Å². The van der Waals surface area contributed by atoms with Crippen molar-refractivity contribution >= 4 is 23.4 Å². The van der Waals surface area contributed by atoms with Crippen molar-refractivity contribution in [3.63, 3.8) is 0 Å². The van der Waals surface area contributed by atoms with Crippen LogP contribution in [0.4, 0.5) is 26.2 Å². The van der Waals surface area contributed by atoms with Gasteiger partial charge in [0.2, 0.25) is 5.95 Å². The van der Waals surface area contributed by atoms with E-state index in [9.17, 15) is 13.6 Å². The first-order valence-corrected chi connectivity index (χ1v) is 9.30. The topological polar surface area (TPSA) is 79.4 Å². The summed E-state index contributed by atoms with van der Waals surface area (Å²) in [6.07, 6.45) is 1.01. The first kappa shape index (κ1) is 19.6.